The van der Waals surface area contributed by atoms with Gasteiger partial charge in [0.2, 0.25) is 0 Å². The topological polar surface area (TPSA) is 107 Å². The zero-order chi connectivity index (χ0) is 16.2. The summed E-state index contributed by atoms with van der Waals surface area (Å²) in [7, 11) is -3.80. The van der Waals surface area contributed by atoms with Crippen molar-refractivity contribution in [2.24, 2.45) is 0 Å². The van der Waals surface area contributed by atoms with E-state index in [1.807, 2.05) is 6.07 Å². The number of hydrogen-bond acceptors (Lipinski definition) is 4. The van der Waals surface area contributed by atoms with Crippen LogP contribution in [-0.4, -0.2) is 19.5 Å². The summed E-state index contributed by atoms with van der Waals surface area (Å²) < 4.78 is 26.0. The summed E-state index contributed by atoms with van der Waals surface area (Å²) in [5.74, 6) is -2.12. The average molecular weight is 318 g/mol. The van der Waals surface area contributed by atoms with E-state index < -0.39 is 27.3 Å². The van der Waals surface area contributed by atoms with Crippen molar-refractivity contribution in [1.82, 2.24) is 0 Å². The molecule has 2 rings (SSSR count). The zero-order valence-corrected chi connectivity index (χ0v) is 12.1. The van der Waals surface area contributed by atoms with Crippen molar-refractivity contribution >= 4 is 27.8 Å². The van der Waals surface area contributed by atoms with Gasteiger partial charge in [-0.05, 0) is 29.8 Å². The molecule has 0 unspecified atom stereocenters. The first-order valence-electron chi connectivity index (χ1n) is 6.18. The molecule has 0 spiro atoms. The fraction of sp³-hybridized carbons (Fsp3) is 0. The normalized spacial score (nSPS) is 11.5. The van der Waals surface area contributed by atoms with Gasteiger partial charge >= 0.3 is 5.97 Å². The molecule has 0 fully saturated rings. The number of carboxylic acids is 1. The van der Waals surface area contributed by atoms with E-state index in [1.54, 1.807) is 24.3 Å². The Balaban J connectivity index is 2.17. The number of carbonyl (C=O) groups is 1. The third-order valence-electron chi connectivity index (χ3n) is 2.71. The number of hydrogen-bond donors (Lipinski definition) is 2. The van der Waals surface area contributed by atoms with Gasteiger partial charge in [0, 0.05) is 5.69 Å². The van der Waals surface area contributed by atoms with Gasteiger partial charge in [-0.1, -0.05) is 36.1 Å². The van der Waals surface area contributed by atoms with Crippen LogP contribution < -0.4 is 9.83 Å². The SMILES string of the molecule is O=C(O)c1ccc(NS(=O)(=O)/C=C/c2ccccc2)cc1[O-]. The molecule has 2 N–H and O–H groups in total. The summed E-state index contributed by atoms with van der Waals surface area (Å²) in [6.07, 6.45) is 1.41. The van der Waals surface area contributed by atoms with Crippen LogP contribution in [0.3, 0.4) is 0 Å². The molecule has 2 aromatic carbocycles. The molecule has 0 radical (unpaired) electrons. The van der Waals surface area contributed by atoms with Crippen molar-refractivity contribution in [3.8, 4) is 5.75 Å². The molecule has 0 atom stereocenters. The molecular formula is C15H12NO5S-. The lowest BCUT2D eigenvalue weighted by molar-refractivity contribution is -0.268. The first-order valence-corrected chi connectivity index (χ1v) is 7.72. The Labute approximate surface area is 127 Å². The van der Waals surface area contributed by atoms with Crippen LogP contribution in [0.1, 0.15) is 15.9 Å². The number of carboxylic acid groups (broad SMARTS) is 1. The highest BCUT2D eigenvalue weighted by atomic mass is 32.2. The molecule has 22 heavy (non-hydrogen) atoms. The molecule has 0 saturated carbocycles. The molecular weight excluding hydrogens is 306 g/mol. The van der Waals surface area contributed by atoms with E-state index in [9.17, 15) is 18.3 Å². The van der Waals surface area contributed by atoms with Gasteiger partial charge in [0.15, 0.2) is 0 Å². The maximum absolute atomic E-state index is 11.9. The van der Waals surface area contributed by atoms with E-state index in [4.69, 9.17) is 5.11 Å². The Morgan fingerprint density at radius 3 is 2.41 bits per heavy atom. The third kappa shape index (κ3) is 4.10. The standard InChI is InChI=1S/C15H13NO5S/c17-14-10-12(6-7-13(14)15(18)19)16-22(20,21)9-8-11-4-2-1-3-5-11/h1-10,16-17H,(H,18,19)/p-1/b9-8+. The molecule has 0 bridgehead atoms. The van der Waals surface area contributed by atoms with Crippen LogP contribution >= 0.6 is 0 Å². The van der Waals surface area contributed by atoms with Crippen LogP contribution in [0, 0.1) is 0 Å². The van der Waals surface area contributed by atoms with E-state index in [0.29, 0.717) is 5.56 Å². The highest BCUT2D eigenvalue weighted by molar-refractivity contribution is 7.95. The van der Waals surface area contributed by atoms with E-state index in [2.05, 4.69) is 4.72 Å². The fourth-order valence-electron chi connectivity index (χ4n) is 1.69. The summed E-state index contributed by atoms with van der Waals surface area (Å²) in [5, 5.41) is 21.2. The van der Waals surface area contributed by atoms with Crippen molar-refractivity contribution < 1.29 is 23.4 Å². The lowest BCUT2D eigenvalue weighted by Gasteiger charge is -2.12. The summed E-state index contributed by atoms with van der Waals surface area (Å²) in [4.78, 5) is 10.7. The fourth-order valence-corrected chi connectivity index (χ4v) is 2.55. The minimum absolute atomic E-state index is 0.00714. The Bertz CT molecular complexity index is 813. The molecule has 7 heteroatoms. The van der Waals surface area contributed by atoms with Crippen molar-refractivity contribution in [3.05, 3.63) is 65.1 Å². The minimum Gasteiger partial charge on any atom is -0.872 e. The van der Waals surface area contributed by atoms with Crippen molar-refractivity contribution in [3.63, 3.8) is 0 Å². The van der Waals surface area contributed by atoms with Gasteiger partial charge in [-0.3, -0.25) is 4.72 Å². The zero-order valence-electron chi connectivity index (χ0n) is 11.3. The lowest BCUT2D eigenvalue weighted by atomic mass is 10.2. The van der Waals surface area contributed by atoms with Crippen molar-refractivity contribution in [1.29, 1.82) is 0 Å². The number of nitrogens with one attached hydrogen (secondary N) is 1. The Kier molecular flexibility index (Phi) is 4.47. The van der Waals surface area contributed by atoms with Crippen LogP contribution in [0.25, 0.3) is 6.08 Å². The Morgan fingerprint density at radius 2 is 1.82 bits per heavy atom. The monoisotopic (exact) mass is 318 g/mol. The number of anilines is 1. The molecule has 0 heterocycles. The quantitative estimate of drug-likeness (QED) is 0.875. The van der Waals surface area contributed by atoms with E-state index in [-0.39, 0.29) is 5.69 Å². The Hall–Kier alpha value is -2.80. The second kappa shape index (κ2) is 6.31. The van der Waals surface area contributed by atoms with Crippen molar-refractivity contribution in [2.45, 2.75) is 0 Å². The smallest absolute Gasteiger partial charge is 0.335 e. The Morgan fingerprint density at radius 1 is 1.14 bits per heavy atom. The summed E-state index contributed by atoms with van der Waals surface area (Å²) >= 11 is 0. The molecule has 2 aromatic rings. The van der Waals surface area contributed by atoms with E-state index >= 15 is 0 Å². The van der Waals surface area contributed by atoms with Gasteiger partial charge in [0.05, 0.1) is 11.0 Å². The van der Waals surface area contributed by atoms with Gasteiger partial charge in [-0.2, -0.15) is 0 Å². The van der Waals surface area contributed by atoms with Crippen molar-refractivity contribution in [2.75, 3.05) is 4.72 Å². The predicted octanol–water partition coefficient (Wildman–Crippen LogP) is 1.87. The first kappa shape index (κ1) is 15.6. The molecule has 114 valence electrons. The van der Waals surface area contributed by atoms with Gasteiger partial charge in [0.1, 0.15) is 0 Å². The summed E-state index contributed by atoms with van der Waals surface area (Å²) in [5.41, 5.74) is 0.300. The molecule has 0 aromatic heterocycles. The maximum atomic E-state index is 11.9. The largest absolute Gasteiger partial charge is 0.872 e. The number of aromatic carboxylic acids is 1. The van der Waals surface area contributed by atoms with E-state index in [0.717, 1.165) is 17.5 Å². The number of rotatable bonds is 5. The van der Waals surface area contributed by atoms with Gasteiger partial charge in [-0.15, -0.1) is 0 Å². The van der Waals surface area contributed by atoms with Crippen LogP contribution in [-0.2, 0) is 10.0 Å². The van der Waals surface area contributed by atoms with Crippen LogP contribution in [0.15, 0.2) is 53.9 Å². The second-order valence-electron chi connectivity index (χ2n) is 4.38. The van der Waals surface area contributed by atoms with Gasteiger partial charge in [0.25, 0.3) is 10.0 Å². The van der Waals surface area contributed by atoms with Crippen LogP contribution in [0.2, 0.25) is 0 Å². The highest BCUT2D eigenvalue weighted by Crippen LogP contribution is 2.20. The highest BCUT2D eigenvalue weighted by Gasteiger charge is 2.08. The van der Waals surface area contributed by atoms with E-state index in [1.165, 1.54) is 12.1 Å². The summed E-state index contributed by atoms with van der Waals surface area (Å²) in [6.45, 7) is 0. The van der Waals surface area contributed by atoms with Gasteiger partial charge < -0.3 is 10.2 Å². The van der Waals surface area contributed by atoms with Crippen LogP contribution in [0.4, 0.5) is 5.69 Å². The first-order chi connectivity index (χ1) is 10.4. The van der Waals surface area contributed by atoms with Crippen LogP contribution in [0.5, 0.6) is 5.75 Å². The molecule has 0 saturated heterocycles. The molecule has 0 amide bonds. The molecule has 0 aliphatic heterocycles. The second-order valence-corrected chi connectivity index (χ2v) is 5.94. The molecule has 0 aliphatic rings. The third-order valence-corrected chi connectivity index (χ3v) is 3.73. The molecule has 6 nitrogen and oxygen atoms in total. The maximum Gasteiger partial charge on any atom is 0.335 e. The average Bonchev–Trinajstić information content (AvgIpc) is 2.45. The number of benzene rings is 2. The van der Waals surface area contributed by atoms with Gasteiger partial charge in [-0.25, -0.2) is 13.2 Å². The summed E-state index contributed by atoms with van der Waals surface area (Å²) in [6, 6.07) is 12.0. The predicted molar refractivity (Wildman–Crippen MR) is 80.9 cm³/mol. The molecule has 0 aliphatic carbocycles. The number of sulfonamides is 1. The minimum atomic E-state index is -3.80. The lowest BCUT2D eigenvalue weighted by Crippen LogP contribution is -2.10.